The largest absolute Gasteiger partial charge is 0.461 e. The highest BCUT2D eigenvalue weighted by Gasteiger charge is 2.44. The van der Waals surface area contributed by atoms with Gasteiger partial charge in [-0.15, -0.1) is 0 Å². The third kappa shape index (κ3) is 2.67. The average Bonchev–Trinajstić information content (AvgIpc) is 2.55. The molecule has 2 aromatic rings. The molecule has 0 aliphatic carbocycles. The van der Waals surface area contributed by atoms with Gasteiger partial charge < -0.3 is 29.9 Å². The molecule has 6 heteroatoms. The molecule has 1 aliphatic heterocycles. The lowest BCUT2D eigenvalue weighted by Gasteiger charge is -2.39. The summed E-state index contributed by atoms with van der Waals surface area (Å²) in [5, 5.41) is 40.5. The topological polar surface area (TPSA) is 99.4 Å². The van der Waals surface area contributed by atoms with Gasteiger partial charge in [-0.3, -0.25) is 0 Å². The Morgan fingerprint density at radius 1 is 0.909 bits per heavy atom. The predicted octanol–water partition coefficient (Wildman–Crippen LogP) is 0.0185. The molecule has 5 atom stereocenters. The molecule has 0 saturated carbocycles. The Balaban J connectivity index is 1.87. The highest BCUT2D eigenvalue weighted by atomic mass is 16.7. The van der Waals surface area contributed by atoms with Crippen LogP contribution in [0.25, 0.3) is 10.8 Å². The van der Waals surface area contributed by atoms with Gasteiger partial charge in [-0.05, 0) is 11.5 Å². The number of aliphatic hydroxyl groups excluding tert-OH is 4. The molecule has 118 valence electrons. The summed E-state index contributed by atoms with van der Waals surface area (Å²) >= 11 is 0. The normalized spacial score (nSPS) is 32.1. The van der Waals surface area contributed by atoms with Crippen molar-refractivity contribution in [3.8, 4) is 5.75 Å². The fourth-order valence-corrected chi connectivity index (χ4v) is 2.59. The Morgan fingerprint density at radius 2 is 1.64 bits per heavy atom. The number of benzene rings is 2. The standard InChI is InChI=1S/C16H18O6/c17-8-12-13(18)14(19)15(20)16(22-12)21-11-7-3-5-9-4-1-2-6-10(9)11/h1-7,12-20H,8H2/t12-,13+,14+,15-,16-/m1/s1. The van der Waals surface area contributed by atoms with Gasteiger partial charge in [-0.1, -0.05) is 36.4 Å². The van der Waals surface area contributed by atoms with Crippen molar-refractivity contribution in [3.63, 3.8) is 0 Å². The summed E-state index contributed by atoms with van der Waals surface area (Å²) < 4.78 is 11.0. The van der Waals surface area contributed by atoms with Crippen molar-refractivity contribution in [1.29, 1.82) is 0 Å². The zero-order valence-corrected chi connectivity index (χ0v) is 11.7. The SMILES string of the molecule is OC[C@H]1O[C@@H](Oc2cccc3ccccc23)[C@H](O)[C@@H](O)[C@H]1O. The van der Waals surface area contributed by atoms with Gasteiger partial charge in [0.2, 0.25) is 6.29 Å². The first-order valence-corrected chi connectivity index (χ1v) is 7.07. The van der Waals surface area contributed by atoms with Gasteiger partial charge in [0.15, 0.2) is 0 Å². The van der Waals surface area contributed by atoms with Crippen LogP contribution >= 0.6 is 0 Å². The van der Waals surface area contributed by atoms with Crippen molar-refractivity contribution >= 4 is 10.8 Å². The molecule has 0 unspecified atom stereocenters. The zero-order valence-electron chi connectivity index (χ0n) is 11.7. The summed E-state index contributed by atoms with van der Waals surface area (Å²) in [7, 11) is 0. The predicted molar refractivity (Wildman–Crippen MR) is 78.3 cm³/mol. The average molecular weight is 306 g/mol. The van der Waals surface area contributed by atoms with E-state index >= 15 is 0 Å². The minimum absolute atomic E-state index is 0.486. The third-order valence-corrected chi connectivity index (χ3v) is 3.84. The second-order valence-electron chi connectivity index (χ2n) is 5.29. The molecule has 6 nitrogen and oxygen atoms in total. The first-order valence-electron chi connectivity index (χ1n) is 7.07. The number of hydrogen-bond donors (Lipinski definition) is 4. The molecule has 1 heterocycles. The van der Waals surface area contributed by atoms with Gasteiger partial charge in [0.25, 0.3) is 0 Å². The molecule has 2 aromatic carbocycles. The van der Waals surface area contributed by atoms with Crippen LogP contribution in [0.2, 0.25) is 0 Å². The van der Waals surface area contributed by atoms with Crippen molar-refractivity contribution in [1.82, 2.24) is 0 Å². The van der Waals surface area contributed by atoms with Gasteiger partial charge >= 0.3 is 0 Å². The second kappa shape index (κ2) is 6.20. The molecule has 0 amide bonds. The van der Waals surface area contributed by atoms with Crippen LogP contribution < -0.4 is 4.74 Å². The Bertz CT molecular complexity index is 638. The van der Waals surface area contributed by atoms with Crippen LogP contribution in [-0.4, -0.2) is 57.7 Å². The Hall–Kier alpha value is -1.70. The molecule has 4 N–H and O–H groups in total. The van der Waals surface area contributed by atoms with Crippen molar-refractivity contribution < 1.29 is 29.9 Å². The summed E-state index contributed by atoms with van der Waals surface area (Å²) in [5.41, 5.74) is 0. The fraction of sp³-hybridized carbons (Fsp3) is 0.375. The molecule has 1 fully saturated rings. The Labute approximate surface area is 127 Å². The van der Waals surface area contributed by atoms with E-state index in [1.165, 1.54) is 0 Å². The van der Waals surface area contributed by atoms with Gasteiger partial charge in [0.05, 0.1) is 6.61 Å². The van der Waals surface area contributed by atoms with Gasteiger partial charge in [-0.2, -0.15) is 0 Å². The van der Waals surface area contributed by atoms with E-state index < -0.39 is 37.3 Å². The molecule has 0 bridgehead atoms. The number of ether oxygens (including phenoxy) is 2. The monoisotopic (exact) mass is 306 g/mol. The number of fused-ring (bicyclic) bond motifs is 1. The molecular formula is C16H18O6. The maximum Gasteiger partial charge on any atom is 0.229 e. The smallest absolute Gasteiger partial charge is 0.229 e. The maximum atomic E-state index is 10.0. The summed E-state index contributed by atoms with van der Waals surface area (Å²) in [6.45, 7) is -0.486. The van der Waals surface area contributed by atoms with Crippen molar-refractivity contribution in [2.45, 2.75) is 30.7 Å². The van der Waals surface area contributed by atoms with Crippen molar-refractivity contribution in [2.24, 2.45) is 0 Å². The molecule has 0 spiro atoms. The van der Waals surface area contributed by atoms with Crippen LogP contribution in [0.1, 0.15) is 0 Å². The lowest BCUT2D eigenvalue weighted by Crippen LogP contribution is -2.60. The highest BCUT2D eigenvalue weighted by molar-refractivity contribution is 5.88. The van der Waals surface area contributed by atoms with E-state index in [0.717, 1.165) is 10.8 Å². The van der Waals surface area contributed by atoms with Crippen molar-refractivity contribution in [3.05, 3.63) is 42.5 Å². The van der Waals surface area contributed by atoms with Gasteiger partial charge in [-0.25, -0.2) is 0 Å². The molecule has 22 heavy (non-hydrogen) atoms. The second-order valence-corrected chi connectivity index (χ2v) is 5.29. The lowest BCUT2D eigenvalue weighted by atomic mass is 9.99. The zero-order chi connectivity index (χ0) is 15.7. The number of rotatable bonds is 3. The Morgan fingerprint density at radius 3 is 2.41 bits per heavy atom. The molecular weight excluding hydrogens is 288 g/mol. The van der Waals surface area contributed by atoms with Crippen LogP contribution in [0.4, 0.5) is 0 Å². The fourth-order valence-electron chi connectivity index (χ4n) is 2.59. The first kappa shape index (κ1) is 15.2. The first-order chi connectivity index (χ1) is 10.6. The van der Waals surface area contributed by atoms with E-state index in [1.54, 1.807) is 6.07 Å². The molecule has 0 radical (unpaired) electrons. The van der Waals surface area contributed by atoms with E-state index in [2.05, 4.69) is 0 Å². The highest BCUT2D eigenvalue weighted by Crippen LogP contribution is 2.29. The summed E-state index contributed by atoms with van der Waals surface area (Å²) in [6, 6.07) is 13.0. The van der Waals surface area contributed by atoms with Crippen LogP contribution in [0.15, 0.2) is 42.5 Å². The lowest BCUT2D eigenvalue weighted by molar-refractivity contribution is -0.277. The molecule has 3 rings (SSSR count). The van der Waals surface area contributed by atoms with Crippen molar-refractivity contribution in [2.75, 3.05) is 6.61 Å². The number of aliphatic hydroxyl groups is 4. The van der Waals surface area contributed by atoms with E-state index in [0.29, 0.717) is 5.75 Å². The minimum atomic E-state index is -1.45. The quantitative estimate of drug-likeness (QED) is 0.638. The third-order valence-electron chi connectivity index (χ3n) is 3.84. The van der Waals surface area contributed by atoms with Crippen LogP contribution in [0.3, 0.4) is 0 Å². The molecule has 1 saturated heterocycles. The number of hydrogen-bond acceptors (Lipinski definition) is 6. The van der Waals surface area contributed by atoms with E-state index in [1.807, 2.05) is 36.4 Å². The van der Waals surface area contributed by atoms with E-state index in [-0.39, 0.29) is 0 Å². The van der Waals surface area contributed by atoms with Crippen LogP contribution in [0.5, 0.6) is 5.75 Å². The minimum Gasteiger partial charge on any atom is -0.461 e. The van der Waals surface area contributed by atoms with Gasteiger partial charge in [0.1, 0.15) is 30.2 Å². The Kier molecular flexibility index (Phi) is 4.28. The van der Waals surface area contributed by atoms with Gasteiger partial charge in [0, 0.05) is 5.39 Å². The summed E-state index contributed by atoms with van der Waals surface area (Å²) in [4.78, 5) is 0. The van der Waals surface area contributed by atoms with Crippen LogP contribution in [-0.2, 0) is 4.74 Å². The molecule has 0 aromatic heterocycles. The van der Waals surface area contributed by atoms with E-state index in [9.17, 15) is 20.4 Å². The summed E-state index contributed by atoms with van der Waals surface area (Å²) in [5.74, 6) is 0.488. The van der Waals surface area contributed by atoms with Crippen LogP contribution in [0, 0.1) is 0 Å². The maximum absolute atomic E-state index is 10.0. The molecule has 1 aliphatic rings. The summed E-state index contributed by atoms with van der Waals surface area (Å²) in [6.07, 6.45) is -6.44. The van der Waals surface area contributed by atoms with E-state index in [4.69, 9.17) is 9.47 Å².